The standard InChI is InChI=1S/C13H15N5OS/c1-7-4-5-15-12(10(7)11(14)18-19)20-13-16-8(2)6-9(3)17-13/h4-6,19H,1-3H3,(H2,14,18). The van der Waals surface area contributed by atoms with Crippen LogP contribution in [0, 0.1) is 20.8 Å². The van der Waals surface area contributed by atoms with E-state index in [2.05, 4.69) is 20.1 Å². The van der Waals surface area contributed by atoms with E-state index in [4.69, 9.17) is 10.9 Å². The number of rotatable bonds is 3. The predicted octanol–water partition coefficient (Wildman–Crippen LogP) is 2.04. The first-order chi connectivity index (χ1) is 9.51. The van der Waals surface area contributed by atoms with Crippen molar-refractivity contribution in [3.8, 4) is 0 Å². The van der Waals surface area contributed by atoms with Gasteiger partial charge in [-0.15, -0.1) is 0 Å². The van der Waals surface area contributed by atoms with Crippen molar-refractivity contribution in [3.63, 3.8) is 0 Å². The summed E-state index contributed by atoms with van der Waals surface area (Å²) in [5.41, 5.74) is 8.97. The highest BCUT2D eigenvalue weighted by molar-refractivity contribution is 7.99. The van der Waals surface area contributed by atoms with Crippen LogP contribution in [-0.2, 0) is 0 Å². The third kappa shape index (κ3) is 3.05. The van der Waals surface area contributed by atoms with Gasteiger partial charge in [-0.05, 0) is 50.2 Å². The third-order valence-corrected chi connectivity index (χ3v) is 3.51. The first kappa shape index (κ1) is 14.3. The molecule has 6 nitrogen and oxygen atoms in total. The molecule has 0 saturated heterocycles. The Kier molecular flexibility index (Phi) is 4.19. The molecule has 3 N–H and O–H groups in total. The molecule has 0 fully saturated rings. The summed E-state index contributed by atoms with van der Waals surface area (Å²) in [4.78, 5) is 13.0. The largest absolute Gasteiger partial charge is 0.409 e. The van der Waals surface area contributed by atoms with Crippen molar-refractivity contribution in [3.05, 3.63) is 40.8 Å². The second-order valence-corrected chi connectivity index (χ2v) is 5.28. The molecule has 7 heteroatoms. The lowest BCUT2D eigenvalue weighted by molar-refractivity contribution is 0.318. The lowest BCUT2D eigenvalue weighted by atomic mass is 10.1. The van der Waals surface area contributed by atoms with Gasteiger partial charge in [-0.25, -0.2) is 15.0 Å². The van der Waals surface area contributed by atoms with Crippen LogP contribution in [-0.4, -0.2) is 26.0 Å². The van der Waals surface area contributed by atoms with Crippen LogP contribution < -0.4 is 5.73 Å². The molecule has 0 radical (unpaired) electrons. The van der Waals surface area contributed by atoms with Crippen LogP contribution in [0.1, 0.15) is 22.5 Å². The van der Waals surface area contributed by atoms with E-state index >= 15 is 0 Å². The van der Waals surface area contributed by atoms with Crippen molar-refractivity contribution in [2.24, 2.45) is 10.9 Å². The van der Waals surface area contributed by atoms with Gasteiger partial charge >= 0.3 is 0 Å². The summed E-state index contributed by atoms with van der Waals surface area (Å²) < 4.78 is 0. The number of pyridine rings is 1. The monoisotopic (exact) mass is 289 g/mol. The summed E-state index contributed by atoms with van der Waals surface area (Å²) in [5.74, 6) is 0.0301. The maximum absolute atomic E-state index is 8.89. The summed E-state index contributed by atoms with van der Waals surface area (Å²) in [6.45, 7) is 5.70. The van der Waals surface area contributed by atoms with Crippen LogP contribution in [0.25, 0.3) is 0 Å². The van der Waals surface area contributed by atoms with Crippen LogP contribution >= 0.6 is 11.8 Å². The average molecular weight is 289 g/mol. The molecule has 2 aromatic rings. The predicted molar refractivity (Wildman–Crippen MR) is 77.1 cm³/mol. The number of amidine groups is 1. The van der Waals surface area contributed by atoms with Gasteiger partial charge in [0.15, 0.2) is 11.0 Å². The van der Waals surface area contributed by atoms with Gasteiger partial charge in [-0.1, -0.05) is 5.16 Å². The Labute approximate surface area is 121 Å². The van der Waals surface area contributed by atoms with Crippen molar-refractivity contribution in [2.45, 2.75) is 31.0 Å². The van der Waals surface area contributed by atoms with E-state index in [9.17, 15) is 0 Å². The molecule has 2 heterocycles. The SMILES string of the molecule is Cc1cc(C)nc(Sc2nccc(C)c2/C(N)=N/O)n1. The first-order valence-corrected chi connectivity index (χ1v) is 6.76. The molecule has 0 aliphatic carbocycles. The zero-order valence-electron chi connectivity index (χ0n) is 11.5. The molecule has 0 aliphatic rings. The zero-order chi connectivity index (χ0) is 14.7. The number of nitrogens with zero attached hydrogens (tertiary/aromatic N) is 4. The fourth-order valence-corrected chi connectivity index (χ4v) is 2.83. The highest BCUT2D eigenvalue weighted by atomic mass is 32.2. The lowest BCUT2D eigenvalue weighted by Crippen LogP contribution is -2.16. The Morgan fingerprint density at radius 3 is 2.50 bits per heavy atom. The third-order valence-electron chi connectivity index (χ3n) is 2.64. The number of hydrogen-bond donors (Lipinski definition) is 2. The number of nitrogens with two attached hydrogens (primary N) is 1. The van der Waals surface area contributed by atoms with Crippen LogP contribution in [0.15, 0.2) is 33.7 Å². The van der Waals surface area contributed by atoms with E-state index in [1.165, 1.54) is 11.8 Å². The van der Waals surface area contributed by atoms with Gasteiger partial charge in [0.25, 0.3) is 0 Å². The summed E-state index contributed by atoms with van der Waals surface area (Å²) in [6, 6.07) is 3.71. The number of oxime groups is 1. The van der Waals surface area contributed by atoms with Crippen LogP contribution in [0.4, 0.5) is 0 Å². The van der Waals surface area contributed by atoms with Gasteiger partial charge in [0, 0.05) is 17.6 Å². The Morgan fingerprint density at radius 1 is 1.25 bits per heavy atom. The fraction of sp³-hybridized carbons (Fsp3) is 0.231. The quantitative estimate of drug-likeness (QED) is 0.295. The summed E-state index contributed by atoms with van der Waals surface area (Å²) in [6.07, 6.45) is 1.68. The van der Waals surface area contributed by atoms with Crippen LogP contribution in [0.5, 0.6) is 0 Å². The zero-order valence-corrected chi connectivity index (χ0v) is 12.3. The molecule has 0 bridgehead atoms. The molecule has 20 heavy (non-hydrogen) atoms. The van der Waals surface area contributed by atoms with E-state index < -0.39 is 0 Å². The summed E-state index contributed by atoms with van der Waals surface area (Å²) in [7, 11) is 0. The summed E-state index contributed by atoms with van der Waals surface area (Å²) >= 11 is 1.30. The highest BCUT2D eigenvalue weighted by Gasteiger charge is 2.14. The van der Waals surface area contributed by atoms with Gasteiger partial charge in [0.05, 0.1) is 5.56 Å². The Bertz CT molecular complexity index is 652. The molecule has 0 atom stereocenters. The van der Waals surface area contributed by atoms with Gasteiger partial charge < -0.3 is 10.9 Å². The van der Waals surface area contributed by atoms with E-state index in [-0.39, 0.29) is 5.84 Å². The van der Waals surface area contributed by atoms with E-state index in [1.54, 1.807) is 12.3 Å². The molecule has 0 spiro atoms. The summed E-state index contributed by atoms with van der Waals surface area (Å²) in [5, 5.41) is 13.1. The van der Waals surface area contributed by atoms with E-state index in [1.807, 2.05) is 26.8 Å². The minimum absolute atomic E-state index is 0.0301. The van der Waals surface area contributed by atoms with Crippen molar-refractivity contribution in [1.82, 2.24) is 15.0 Å². The lowest BCUT2D eigenvalue weighted by Gasteiger charge is -2.09. The number of aromatic nitrogens is 3. The second kappa shape index (κ2) is 5.87. The normalized spacial score (nSPS) is 11.7. The molecule has 0 aliphatic heterocycles. The number of aryl methyl sites for hydroxylation is 3. The minimum atomic E-state index is 0.0301. The highest BCUT2D eigenvalue weighted by Crippen LogP contribution is 2.27. The average Bonchev–Trinajstić information content (AvgIpc) is 2.37. The van der Waals surface area contributed by atoms with Gasteiger partial charge in [-0.3, -0.25) is 0 Å². The van der Waals surface area contributed by atoms with E-state index in [0.717, 1.165) is 17.0 Å². The van der Waals surface area contributed by atoms with Gasteiger partial charge in [-0.2, -0.15) is 0 Å². The smallest absolute Gasteiger partial charge is 0.194 e. The maximum Gasteiger partial charge on any atom is 0.194 e. The van der Waals surface area contributed by atoms with Gasteiger partial charge in [0.1, 0.15) is 5.03 Å². The van der Waals surface area contributed by atoms with Crippen molar-refractivity contribution < 1.29 is 5.21 Å². The molecule has 0 amide bonds. The Morgan fingerprint density at radius 2 is 1.90 bits per heavy atom. The Balaban J connectivity index is 2.46. The molecule has 104 valence electrons. The second-order valence-electron chi connectivity index (χ2n) is 4.33. The van der Waals surface area contributed by atoms with Gasteiger partial charge in [0.2, 0.25) is 0 Å². The number of hydrogen-bond acceptors (Lipinski definition) is 6. The molecular formula is C13H15N5OS. The van der Waals surface area contributed by atoms with E-state index in [0.29, 0.717) is 15.7 Å². The van der Waals surface area contributed by atoms with Crippen LogP contribution in [0.3, 0.4) is 0 Å². The molecular weight excluding hydrogens is 274 g/mol. The van der Waals surface area contributed by atoms with Crippen molar-refractivity contribution >= 4 is 17.6 Å². The van der Waals surface area contributed by atoms with Crippen LogP contribution in [0.2, 0.25) is 0 Å². The molecule has 0 saturated carbocycles. The first-order valence-electron chi connectivity index (χ1n) is 5.95. The van der Waals surface area contributed by atoms with Crippen molar-refractivity contribution in [2.75, 3.05) is 0 Å². The minimum Gasteiger partial charge on any atom is -0.409 e. The molecule has 2 rings (SSSR count). The van der Waals surface area contributed by atoms with Crippen molar-refractivity contribution in [1.29, 1.82) is 0 Å². The fourth-order valence-electron chi connectivity index (χ4n) is 1.80. The topological polar surface area (TPSA) is 97.3 Å². The molecule has 0 aromatic carbocycles. The Hall–Kier alpha value is -2.15. The molecule has 0 unspecified atom stereocenters. The maximum atomic E-state index is 8.89. The molecule has 2 aromatic heterocycles.